The fourth-order valence-electron chi connectivity index (χ4n) is 2.50. The van der Waals surface area contributed by atoms with Gasteiger partial charge in [0.25, 0.3) is 0 Å². The highest BCUT2D eigenvalue weighted by molar-refractivity contribution is 9.10. The van der Waals surface area contributed by atoms with Gasteiger partial charge in [-0.05, 0) is 42.0 Å². The minimum absolute atomic E-state index is 0.328. The largest absolute Gasteiger partial charge is 0.326 e. The van der Waals surface area contributed by atoms with E-state index >= 15 is 0 Å². The van der Waals surface area contributed by atoms with Crippen molar-refractivity contribution in [3.05, 3.63) is 27.7 Å². The van der Waals surface area contributed by atoms with Crippen LogP contribution in [0, 0.1) is 18.8 Å². The SMILES string of the molecule is Cc1c(Br)cc(CN)cc1S(=O)(=O)N1CC(C)C(C)C1. The van der Waals surface area contributed by atoms with E-state index in [0.717, 1.165) is 15.6 Å². The molecule has 20 heavy (non-hydrogen) atoms. The highest BCUT2D eigenvalue weighted by Crippen LogP contribution is 2.32. The maximum absolute atomic E-state index is 12.8. The van der Waals surface area contributed by atoms with E-state index < -0.39 is 10.0 Å². The van der Waals surface area contributed by atoms with E-state index in [1.54, 1.807) is 10.4 Å². The van der Waals surface area contributed by atoms with Crippen molar-refractivity contribution in [2.45, 2.75) is 32.2 Å². The molecule has 112 valence electrons. The van der Waals surface area contributed by atoms with Gasteiger partial charge in [-0.15, -0.1) is 0 Å². The van der Waals surface area contributed by atoms with Gasteiger partial charge in [0.15, 0.2) is 0 Å². The van der Waals surface area contributed by atoms with Crippen LogP contribution in [-0.4, -0.2) is 25.8 Å². The Morgan fingerprint density at radius 1 is 1.30 bits per heavy atom. The molecule has 0 aromatic heterocycles. The van der Waals surface area contributed by atoms with E-state index in [0.29, 0.717) is 36.4 Å². The maximum Gasteiger partial charge on any atom is 0.243 e. The van der Waals surface area contributed by atoms with Gasteiger partial charge in [-0.25, -0.2) is 8.42 Å². The number of sulfonamides is 1. The smallest absolute Gasteiger partial charge is 0.243 e. The van der Waals surface area contributed by atoms with Crippen molar-refractivity contribution in [1.82, 2.24) is 4.31 Å². The molecule has 2 N–H and O–H groups in total. The highest BCUT2D eigenvalue weighted by atomic mass is 79.9. The van der Waals surface area contributed by atoms with Crippen molar-refractivity contribution in [3.8, 4) is 0 Å². The van der Waals surface area contributed by atoms with E-state index in [4.69, 9.17) is 5.73 Å². The Bertz CT molecular complexity index is 606. The molecule has 1 fully saturated rings. The molecule has 1 heterocycles. The zero-order valence-corrected chi connectivity index (χ0v) is 14.5. The van der Waals surface area contributed by atoms with E-state index in [1.165, 1.54) is 0 Å². The van der Waals surface area contributed by atoms with Crippen LogP contribution in [0.2, 0.25) is 0 Å². The summed E-state index contributed by atoms with van der Waals surface area (Å²) in [6, 6.07) is 3.58. The molecule has 0 aliphatic carbocycles. The summed E-state index contributed by atoms with van der Waals surface area (Å²) in [5.41, 5.74) is 7.21. The molecule has 2 unspecified atom stereocenters. The second-order valence-corrected chi connectivity index (χ2v) is 8.44. The number of rotatable bonds is 3. The minimum atomic E-state index is -3.44. The lowest BCUT2D eigenvalue weighted by Gasteiger charge is -2.19. The fourth-order valence-corrected chi connectivity index (χ4v) is 5.08. The molecule has 1 aliphatic rings. The normalized spacial score (nSPS) is 24.2. The minimum Gasteiger partial charge on any atom is -0.326 e. The molecule has 1 aromatic rings. The summed E-state index contributed by atoms with van der Waals surface area (Å²) in [5, 5.41) is 0. The van der Waals surface area contributed by atoms with Gasteiger partial charge in [0, 0.05) is 24.1 Å². The third-order valence-corrected chi connectivity index (χ3v) is 6.95. The first kappa shape index (κ1) is 15.9. The number of hydrogen-bond donors (Lipinski definition) is 1. The van der Waals surface area contributed by atoms with Crippen LogP contribution in [0.25, 0.3) is 0 Å². The summed E-state index contributed by atoms with van der Waals surface area (Å²) in [6.45, 7) is 7.52. The Morgan fingerprint density at radius 2 is 1.85 bits per heavy atom. The molecular weight excluding hydrogens is 340 g/mol. The first-order valence-electron chi connectivity index (χ1n) is 6.76. The fraction of sp³-hybridized carbons (Fsp3) is 0.571. The van der Waals surface area contributed by atoms with E-state index in [1.807, 2.05) is 13.0 Å². The van der Waals surface area contributed by atoms with Crippen molar-refractivity contribution in [2.24, 2.45) is 17.6 Å². The third kappa shape index (κ3) is 2.79. The third-order valence-electron chi connectivity index (χ3n) is 4.16. The van der Waals surface area contributed by atoms with Crippen molar-refractivity contribution in [2.75, 3.05) is 13.1 Å². The summed E-state index contributed by atoms with van der Waals surface area (Å²) in [7, 11) is -3.44. The predicted octanol–water partition coefficient (Wildman–Crippen LogP) is 2.49. The van der Waals surface area contributed by atoms with E-state index in [2.05, 4.69) is 29.8 Å². The topological polar surface area (TPSA) is 63.4 Å². The quantitative estimate of drug-likeness (QED) is 0.900. The van der Waals surface area contributed by atoms with Gasteiger partial charge in [0.1, 0.15) is 0 Å². The molecule has 0 radical (unpaired) electrons. The van der Waals surface area contributed by atoms with Gasteiger partial charge in [-0.3, -0.25) is 0 Å². The number of nitrogens with zero attached hydrogens (tertiary/aromatic N) is 1. The van der Waals surface area contributed by atoms with Crippen LogP contribution < -0.4 is 5.73 Å². The molecule has 2 rings (SSSR count). The summed E-state index contributed by atoms with van der Waals surface area (Å²) in [6.07, 6.45) is 0. The van der Waals surface area contributed by atoms with Gasteiger partial charge in [-0.1, -0.05) is 29.8 Å². The number of benzene rings is 1. The molecular formula is C14H21BrN2O2S. The van der Waals surface area contributed by atoms with Crippen molar-refractivity contribution >= 4 is 26.0 Å². The molecule has 6 heteroatoms. The first-order valence-corrected chi connectivity index (χ1v) is 9.00. The van der Waals surface area contributed by atoms with Gasteiger partial charge >= 0.3 is 0 Å². The van der Waals surface area contributed by atoms with Crippen LogP contribution in [0.1, 0.15) is 25.0 Å². The molecule has 0 amide bonds. The van der Waals surface area contributed by atoms with Crippen molar-refractivity contribution in [1.29, 1.82) is 0 Å². The van der Waals surface area contributed by atoms with E-state index in [9.17, 15) is 8.42 Å². The first-order chi connectivity index (χ1) is 9.27. The highest BCUT2D eigenvalue weighted by Gasteiger charge is 2.36. The number of nitrogens with two attached hydrogens (primary N) is 1. The van der Waals surface area contributed by atoms with Gasteiger partial charge < -0.3 is 5.73 Å². The Labute approximate surface area is 129 Å². The van der Waals surface area contributed by atoms with E-state index in [-0.39, 0.29) is 0 Å². The molecule has 1 saturated heterocycles. The average Bonchev–Trinajstić information content (AvgIpc) is 2.73. The molecule has 2 atom stereocenters. The lowest BCUT2D eigenvalue weighted by molar-refractivity contribution is 0.462. The van der Waals surface area contributed by atoms with Gasteiger partial charge in [-0.2, -0.15) is 4.31 Å². The number of hydrogen-bond acceptors (Lipinski definition) is 3. The molecule has 1 aromatic carbocycles. The second kappa shape index (κ2) is 5.75. The van der Waals surface area contributed by atoms with Crippen LogP contribution >= 0.6 is 15.9 Å². The zero-order chi connectivity index (χ0) is 15.1. The summed E-state index contributed by atoms with van der Waals surface area (Å²) in [5.74, 6) is 0.789. The van der Waals surface area contributed by atoms with Gasteiger partial charge in [0.05, 0.1) is 4.90 Å². The van der Waals surface area contributed by atoms with Crippen LogP contribution in [0.15, 0.2) is 21.5 Å². The van der Waals surface area contributed by atoms with Crippen LogP contribution in [0.5, 0.6) is 0 Å². The molecule has 0 spiro atoms. The Balaban J connectivity index is 2.47. The predicted molar refractivity (Wildman–Crippen MR) is 83.9 cm³/mol. The summed E-state index contributed by atoms with van der Waals surface area (Å²) < 4.78 is 28.0. The van der Waals surface area contributed by atoms with Crippen LogP contribution in [0.3, 0.4) is 0 Å². The van der Waals surface area contributed by atoms with Crippen molar-refractivity contribution in [3.63, 3.8) is 0 Å². The molecule has 1 aliphatic heterocycles. The maximum atomic E-state index is 12.8. The number of halogens is 1. The molecule has 0 bridgehead atoms. The Morgan fingerprint density at radius 3 is 2.35 bits per heavy atom. The summed E-state index contributed by atoms with van der Waals surface area (Å²) >= 11 is 3.42. The van der Waals surface area contributed by atoms with Crippen LogP contribution in [0.4, 0.5) is 0 Å². The lowest BCUT2D eigenvalue weighted by atomic mass is 10.0. The zero-order valence-electron chi connectivity index (χ0n) is 12.1. The van der Waals surface area contributed by atoms with Gasteiger partial charge in [0.2, 0.25) is 10.0 Å². The lowest BCUT2D eigenvalue weighted by Crippen LogP contribution is -2.29. The Hall–Kier alpha value is -0.430. The second-order valence-electron chi connectivity index (χ2n) is 5.68. The molecule has 0 saturated carbocycles. The monoisotopic (exact) mass is 360 g/mol. The molecule has 4 nitrogen and oxygen atoms in total. The standard InChI is InChI=1S/C14H21BrN2O2S/c1-9-7-17(8-10(9)2)20(18,19)14-5-12(6-16)4-13(15)11(14)3/h4-5,9-10H,6-8,16H2,1-3H3. The van der Waals surface area contributed by atoms with Crippen LogP contribution in [-0.2, 0) is 16.6 Å². The van der Waals surface area contributed by atoms with Crippen molar-refractivity contribution < 1.29 is 8.42 Å². The summed E-state index contributed by atoms with van der Waals surface area (Å²) in [4.78, 5) is 0.369. The average molecular weight is 361 g/mol. The Kier molecular flexibility index (Phi) is 4.59.